The summed E-state index contributed by atoms with van der Waals surface area (Å²) in [5.41, 5.74) is 1.26. The standard InChI is InChI=1S/C33H42FNO6S/c1-6-30(42(38,39)35(4)32(22-19-26(3)40-5)25(2)13-12-18-33(36)37)17-11-10-16-28-20-21-29(23-31(28)34)41-24-27-14-8-7-9-15-27/h6-11,14,17,19-23,27,33,36-37H,1-2,12-13,15-16,18,24H2,3-5H3/b11-10-,26-19+,30-17+,32-22+. The summed E-state index contributed by atoms with van der Waals surface area (Å²) in [6, 6.07) is 4.74. The van der Waals surface area contributed by atoms with Gasteiger partial charge in [-0.2, -0.15) is 0 Å². The van der Waals surface area contributed by atoms with E-state index in [1.54, 1.807) is 43.4 Å². The maximum Gasteiger partial charge on any atom is 0.264 e. The minimum Gasteiger partial charge on any atom is -0.501 e. The third-order valence-corrected chi connectivity index (χ3v) is 8.41. The van der Waals surface area contributed by atoms with Crippen LogP contribution in [0.5, 0.6) is 5.75 Å². The topological polar surface area (TPSA) is 96.3 Å². The van der Waals surface area contributed by atoms with Gasteiger partial charge in [-0.3, -0.25) is 4.31 Å². The molecule has 1 aliphatic carbocycles. The first-order chi connectivity index (χ1) is 20.0. The molecule has 0 fully saturated rings. The summed E-state index contributed by atoms with van der Waals surface area (Å²) in [6.45, 7) is 9.87. The molecular formula is C33H42FNO6S. The van der Waals surface area contributed by atoms with E-state index in [4.69, 9.17) is 19.7 Å². The van der Waals surface area contributed by atoms with Crippen molar-refractivity contribution in [1.82, 2.24) is 4.31 Å². The number of nitrogens with zero attached hydrogens (tertiary/aromatic N) is 1. The molecule has 0 bridgehead atoms. The third kappa shape index (κ3) is 11.0. The molecule has 1 aliphatic rings. The Labute approximate surface area is 249 Å². The van der Waals surface area contributed by atoms with Gasteiger partial charge in [0.15, 0.2) is 6.29 Å². The Balaban J connectivity index is 2.14. The highest BCUT2D eigenvalue weighted by Gasteiger charge is 2.24. The maximum atomic E-state index is 14.7. The summed E-state index contributed by atoms with van der Waals surface area (Å²) in [5.74, 6) is 0.875. The van der Waals surface area contributed by atoms with Gasteiger partial charge in [0.05, 0.1) is 30.1 Å². The van der Waals surface area contributed by atoms with Gasteiger partial charge in [0.1, 0.15) is 11.6 Å². The number of sulfonamides is 1. The number of ether oxygens (including phenoxy) is 2. The van der Waals surface area contributed by atoms with Crippen molar-refractivity contribution in [3.63, 3.8) is 0 Å². The second kappa shape index (κ2) is 17.3. The quantitative estimate of drug-likeness (QED) is 0.125. The molecule has 2 rings (SSSR count). The number of aliphatic hydroxyl groups excluding tert-OH is 1. The van der Waals surface area contributed by atoms with Crippen molar-refractivity contribution in [2.75, 3.05) is 20.8 Å². The first-order valence-electron chi connectivity index (χ1n) is 13.7. The van der Waals surface area contributed by atoms with Crippen LogP contribution in [0.4, 0.5) is 4.39 Å². The predicted molar refractivity (Wildman–Crippen MR) is 166 cm³/mol. The Bertz CT molecular complexity index is 1370. The zero-order valence-electron chi connectivity index (χ0n) is 24.6. The van der Waals surface area contributed by atoms with Gasteiger partial charge in [0.25, 0.3) is 10.0 Å². The first-order valence-corrected chi connectivity index (χ1v) is 15.1. The highest BCUT2D eigenvalue weighted by Crippen LogP contribution is 2.26. The Morgan fingerprint density at radius 1 is 1.24 bits per heavy atom. The van der Waals surface area contributed by atoms with Crippen LogP contribution in [0.15, 0.2) is 114 Å². The molecule has 0 heterocycles. The van der Waals surface area contributed by atoms with Gasteiger partial charge < -0.3 is 19.7 Å². The first kappa shape index (κ1) is 34.5. The molecule has 1 aromatic rings. The van der Waals surface area contributed by atoms with E-state index in [9.17, 15) is 12.8 Å². The normalized spacial score (nSPS) is 16.3. The Hall–Kier alpha value is -3.66. The fraction of sp³-hybridized carbons (Fsp3) is 0.333. The van der Waals surface area contributed by atoms with E-state index in [1.165, 1.54) is 32.4 Å². The average Bonchev–Trinajstić information content (AvgIpc) is 2.96. The maximum absolute atomic E-state index is 14.7. The average molecular weight is 600 g/mol. The summed E-state index contributed by atoms with van der Waals surface area (Å²) in [6.07, 6.45) is 17.7. The van der Waals surface area contributed by atoms with Crippen LogP contribution in [0.1, 0.15) is 38.2 Å². The lowest BCUT2D eigenvalue weighted by Gasteiger charge is -2.24. The SMILES string of the molecule is C=C/C(=C\C=C/Cc1ccc(OCC2C=CC=CC2)cc1F)S(=O)(=O)N(C)/C(=C/C=C(\C)OC)C(=C)CCCC(O)O. The van der Waals surface area contributed by atoms with Crippen molar-refractivity contribution in [2.24, 2.45) is 5.92 Å². The van der Waals surface area contributed by atoms with Crippen molar-refractivity contribution < 1.29 is 32.5 Å². The third-order valence-electron chi connectivity index (χ3n) is 6.59. The van der Waals surface area contributed by atoms with Crippen LogP contribution in [0.25, 0.3) is 0 Å². The van der Waals surface area contributed by atoms with Crippen LogP contribution in [-0.2, 0) is 21.2 Å². The Morgan fingerprint density at radius 3 is 2.62 bits per heavy atom. The molecule has 0 aliphatic heterocycles. The number of hydrogen-bond acceptors (Lipinski definition) is 6. The highest BCUT2D eigenvalue weighted by atomic mass is 32.2. The molecular weight excluding hydrogens is 557 g/mol. The van der Waals surface area contributed by atoms with Crippen LogP contribution in [0, 0.1) is 11.7 Å². The van der Waals surface area contributed by atoms with Crippen LogP contribution >= 0.6 is 0 Å². The number of halogens is 1. The molecule has 7 nitrogen and oxygen atoms in total. The number of aliphatic hydroxyl groups is 2. The molecule has 1 atom stereocenters. The van der Waals surface area contributed by atoms with Crippen LogP contribution < -0.4 is 4.74 Å². The van der Waals surface area contributed by atoms with Gasteiger partial charge in [0.2, 0.25) is 0 Å². The van der Waals surface area contributed by atoms with Crippen molar-refractivity contribution in [2.45, 2.75) is 45.3 Å². The van der Waals surface area contributed by atoms with Crippen molar-refractivity contribution in [3.05, 3.63) is 125 Å². The van der Waals surface area contributed by atoms with Gasteiger partial charge in [-0.1, -0.05) is 55.7 Å². The van der Waals surface area contributed by atoms with Crippen molar-refractivity contribution in [3.8, 4) is 5.75 Å². The summed E-state index contributed by atoms with van der Waals surface area (Å²) in [7, 11) is -1.13. The summed E-state index contributed by atoms with van der Waals surface area (Å²) in [4.78, 5) is -0.0611. The number of allylic oxidation sites excluding steroid dienone is 11. The molecule has 0 spiro atoms. The molecule has 0 saturated heterocycles. The lowest BCUT2D eigenvalue weighted by Crippen LogP contribution is -2.28. The van der Waals surface area contributed by atoms with Gasteiger partial charge >= 0.3 is 0 Å². The van der Waals surface area contributed by atoms with Crippen LogP contribution in [0.2, 0.25) is 0 Å². The van der Waals surface area contributed by atoms with Gasteiger partial charge in [-0.15, -0.1) is 0 Å². The molecule has 1 aromatic carbocycles. The number of benzene rings is 1. The largest absolute Gasteiger partial charge is 0.501 e. The van der Waals surface area contributed by atoms with E-state index >= 15 is 0 Å². The Morgan fingerprint density at radius 2 is 2.00 bits per heavy atom. The molecule has 1 unspecified atom stereocenters. The molecule has 0 radical (unpaired) electrons. The molecule has 0 amide bonds. The van der Waals surface area contributed by atoms with E-state index in [0.717, 1.165) is 10.7 Å². The molecule has 0 aromatic heterocycles. The predicted octanol–water partition coefficient (Wildman–Crippen LogP) is 6.24. The van der Waals surface area contributed by atoms with E-state index in [0.29, 0.717) is 47.8 Å². The van der Waals surface area contributed by atoms with E-state index < -0.39 is 22.1 Å². The summed E-state index contributed by atoms with van der Waals surface area (Å²) < 4.78 is 53.7. The minimum absolute atomic E-state index is 0.0611. The smallest absolute Gasteiger partial charge is 0.264 e. The summed E-state index contributed by atoms with van der Waals surface area (Å²) >= 11 is 0. The fourth-order valence-electron chi connectivity index (χ4n) is 3.98. The lowest BCUT2D eigenvalue weighted by atomic mass is 10.0. The number of likely N-dealkylation sites (N-methyl/N-ethyl adjacent to an activating group) is 1. The van der Waals surface area contributed by atoms with Crippen molar-refractivity contribution in [1.29, 1.82) is 0 Å². The van der Waals surface area contributed by atoms with E-state index in [2.05, 4.69) is 25.3 Å². The molecule has 2 N–H and O–H groups in total. The van der Waals surface area contributed by atoms with Crippen LogP contribution in [-0.4, -0.2) is 50.0 Å². The second-order valence-corrected chi connectivity index (χ2v) is 11.7. The Kier molecular flexibility index (Phi) is 14.3. The van der Waals surface area contributed by atoms with Crippen molar-refractivity contribution >= 4 is 10.0 Å². The fourth-order valence-corrected chi connectivity index (χ4v) is 5.21. The number of hydrogen-bond donors (Lipinski definition) is 2. The monoisotopic (exact) mass is 599 g/mol. The van der Waals surface area contributed by atoms with Gasteiger partial charge in [-0.25, -0.2) is 12.8 Å². The lowest BCUT2D eigenvalue weighted by molar-refractivity contribution is -0.0461. The molecule has 228 valence electrons. The number of rotatable bonds is 17. The zero-order valence-corrected chi connectivity index (χ0v) is 25.4. The molecule has 42 heavy (non-hydrogen) atoms. The van der Waals surface area contributed by atoms with E-state index in [-0.39, 0.29) is 23.7 Å². The molecule has 0 saturated carbocycles. The number of methoxy groups -OCH3 is 1. The molecule has 9 heteroatoms. The summed E-state index contributed by atoms with van der Waals surface area (Å²) in [5, 5.41) is 18.3. The van der Waals surface area contributed by atoms with Crippen LogP contribution in [0.3, 0.4) is 0 Å². The zero-order chi connectivity index (χ0) is 31.1. The van der Waals surface area contributed by atoms with Gasteiger partial charge in [-0.05, 0) is 80.5 Å². The second-order valence-electron chi connectivity index (χ2n) is 9.76. The van der Waals surface area contributed by atoms with E-state index in [1.807, 2.05) is 12.2 Å². The highest BCUT2D eigenvalue weighted by molar-refractivity contribution is 7.93. The minimum atomic E-state index is -4.04. The van der Waals surface area contributed by atoms with Gasteiger partial charge in [0, 0.05) is 19.0 Å².